The third-order valence-electron chi connectivity index (χ3n) is 4.90. The van der Waals surface area contributed by atoms with Crippen LogP contribution < -0.4 is 10.6 Å². The van der Waals surface area contributed by atoms with Gasteiger partial charge in [0.2, 0.25) is 11.0 Å². The van der Waals surface area contributed by atoms with Crippen LogP contribution in [0.5, 0.6) is 0 Å². The molecular formula is C15H19N5O4S. The number of ether oxygens (including phenoxy) is 1. The summed E-state index contributed by atoms with van der Waals surface area (Å²) in [4.78, 5) is 37.8. The topological polar surface area (TPSA) is 114 Å². The van der Waals surface area contributed by atoms with Gasteiger partial charge in [0.1, 0.15) is 23.2 Å². The highest BCUT2D eigenvalue weighted by Gasteiger charge is 2.52. The second kappa shape index (κ2) is 6.34. The van der Waals surface area contributed by atoms with E-state index in [2.05, 4.69) is 20.8 Å². The van der Waals surface area contributed by atoms with E-state index in [1.807, 2.05) is 0 Å². The molecule has 1 aromatic rings. The van der Waals surface area contributed by atoms with Crippen molar-refractivity contribution >= 4 is 34.3 Å². The van der Waals surface area contributed by atoms with Gasteiger partial charge in [-0.1, -0.05) is 24.2 Å². The molecule has 1 aromatic heterocycles. The van der Waals surface area contributed by atoms with Gasteiger partial charge in [-0.2, -0.15) is 0 Å². The molecule has 4 amide bonds. The van der Waals surface area contributed by atoms with Crippen LogP contribution >= 0.6 is 11.3 Å². The Balaban J connectivity index is 1.37. The van der Waals surface area contributed by atoms with Crippen molar-refractivity contribution in [3.63, 3.8) is 0 Å². The predicted octanol–water partition coefficient (Wildman–Crippen LogP) is 1.19. The second-order valence-electron chi connectivity index (χ2n) is 6.61. The van der Waals surface area contributed by atoms with Crippen LogP contribution in [0, 0.1) is 0 Å². The number of rotatable bonds is 4. The zero-order valence-corrected chi connectivity index (χ0v) is 14.4. The normalized spacial score (nSPS) is 25.0. The SMILES string of the molecule is O=C(CN1C(=O)NC2(CCCC2)C1=O)Nc1nnc([C@H]2CCCO2)s1. The zero-order chi connectivity index (χ0) is 17.4. The Hall–Kier alpha value is -2.07. The highest BCUT2D eigenvalue weighted by Crippen LogP contribution is 2.35. The molecule has 1 aliphatic carbocycles. The first-order valence-electron chi connectivity index (χ1n) is 8.46. The highest BCUT2D eigenvalue weighted by molar-refractivity contribution is 7.15. The minimum absolute atomic E-state index is 0.0590. The number of nitrogens with zero attached hydrogens (tertiary/aromatic N) is 3. The third kappa shape index (κ3) is 2.99. The van der Waals surface area contributed by atoms with E-state index < -0.39 is 17.5 Å². The van der Waals surface area contributed by atoms with Crippen molar-refractivity contribution in [3.05, 3.63) is 5.01 Å². The van der Waals surface area contributed by atoms with Crippen molar-refractivity contribution in [1.82, 2.24) is 20.4 Å². The van der Waals surface area contributed by atoms with Crippen molar-refractivity contribution < 1.29 is 19.1 Å². The van der Waals surface area contributed by atoms with Crippen molar-refractivity contribution in [2.75, 3.05) is 18.5 Å². The fourth-order valence-electron chi connectivity index (χ4n) is 3.63. The van der Waals surface area contributed by atoms with Crippen LogP contribution in [0.25, 0.3) is 0 Å². The Kier molecular flexibility index (Phi) is 4.16. The molecule has 4 rings (SSSR count). The van der Waals surface area contributed by atoms with Crippen LogP contribution in [0.4, 0.5) is 9.93 Å². The van der Waals surface area contributed by atoms with E-state index in [0.717, 1.165) is 35.6 Å². The van der Waals surface area contributed by atoms with Gasteiger partial charge in [0.25, 0.3) is 5.91 Å². The lowest BCUT2D eigenvalue weighted by Crippen LogP contribution is -2.44. The van der Waals surface area contributed by atoms with E-state index in [9.17, 15) is 14.4 Å². The van der Waals surface area contributed by atoms with Gasteiger partial charge in [-0.3, -0.25) is 19.8 Å². The quantitative estimate of drug-likeness (QED) is 0.775. The lowest BCUT2D eigenvalue weighted by atomic mass is 9.98. The number of aromatic nitrogens is 2. The molecule has 134 valence electrons. The van der Waals surface area contributed by atoms with Crippen molar-refractivity contribution in [3.8, 4) is 0 Å². The fourth-order valence-corrected chi connectivity index (χ4v) is 4.47. The average molecular weight is 365 g/mol. The maximum absolute atomic E-state index is 12.5. The van der Waals surface area contributed by atoms with Crippen molar-refractivity contribution in [1.29, 1.82) is 0 Å². The molecule has 1 atom stereocenters. The molecule has 1 saturated carbocycles. The summed E-state index contributed by atoms with van der Waals surface area (Å²) in [5.74, 6) is -0.768. The first-order valence-corrected chi connectivity index (χ1v) is 9.28. The summed E-state index contributed by atoms with van der Waals surface area (Å²) in [5, 5.41) is 14.4. The Morgan fingerprint density at radius 1 is 1.32 bits per heavy atom. The summed E-state index contributed by atoms with van der Waals surface area (Å²) in [7, 11) is 0. The third-order valence-corrected chi connectivity index (χ3v) is 5.83. The first kappa shape index (κ1) is 16.4. The van der Waals surface area contributed by atoms with Gasteiger partial charge in [-0.15, -0.1) is 10.2 Å². The van der Waals surface area contributed by atoms with Crippen LogP contribution in [0.2, 0.25) is 0 Å². The number of hydrogen-bond donors (Lipinski definition) is 2. The number of amides is 4. The summed E-state index contributed by atoms with van der Waals surface area (Å²) in [6, 6.07) is -0.501. The number of urea groups is 1. The van der Waals surface area contributed by atoms with Gasteiger partial charge in [-0.25, -0.2) is 4.79 Å². The van der Waals surface area contributed by atoms with Gasteiger partial charge in [-0.05, 0) is 25.7 Å². The molecule has 2 aliphatic heterocycles. The number of anilines is 1. The maximum Gasteiger partial charge on any atom is 0.325 e. The van der Waals surface area contributed by atoms with Crippen molar-refractivity contribution in [2.24, 2.45) is 0 Å². The molecule has 3 fully saturated rings. The van der Waals surface area contributed by atoms with Crippen LogP contribution in [0.1, 0.15) is 49.6 Å². The van der Waals surface area contributed by atoms with E-state index in [1.165, 1.54) is 11.3 Å². The molecule has 3 aliphatic rings. The summed E-state index contributed by atoms with van der Waals surface area (Å²) in [5.41, 5.74) is -0.799. The van der Waals surface area contributed by atoms with Gasteiger partial charge in [0.05, 0.1) is 0 Å². The summed E-state index contributed by atoms with van der Waals surface area (Å²) >= 11 is 1.25. The Labute approximate surface area is 148 Å². The molecule has 25 heavy (non-hydrogen) atoms. The Morgan fingerprint density at radius 2 is 2.12 bits per heavy atom. The molecule has 3 heterocycles. The smallest absolute Gasteiger partial charge is 0.325 e. The van der Waals surface area contributed by atoms with Gasteiger partial charge < -0.3 is 10.1 Å². The number of hydrogen-bond acceptors (Lipinski definition) is 7. The van der Waals surface area contributed by atoms with Crippen LogP contribution in [-0.2, 0) is 14.3 Å². The molecule has 0 radical (unpaired) electrons. The monoisotopic (exact) mass is 365 g/mol. The molecule has 1 spiro atoms. The van der Waals surface area contributed by atoms with Gasteiger partial charge >= 0.3 is 6.03 Å². The minimum Gasteiger partial charge on any atom is -0.371 e. The van der Waals surface area contributed by atoms with E-state index >= 15 is 0 Å². The summed E-state index contributed by atoms with van der Waals surface area (Å²) < 4.78 is 5.54. The molecule has 2 saturated heterocycles. The maximum atomic E-state index is 12.5. The zero-order valence-electron chi connectivity index (χ0n) is 13.6. The minimum atomic E-state index is -0.799. The van der Waals surface area contributed by atoms with Crippen LogP contribution in [0.15, 0.2) is 0 Å². The summed E-state index contributed by atoms with van der Waals surface area (Å²) in [6.07, 6.45) is 4.91. The molecule has 0 unspecified atom stereocenters. The molecule has 9 nitrogen and oxygen atoms in total. The van der Waals surface area contributed by atoms with Crippen molar-refractivity contribution in [2.45, 2.75) is 50.2 Å². The number of carbonyl (C=O) groups excluding carboxylic acids is 3. The van der Waals surface area contributed by atoms with Crippen LogP contribution in [0.3, 0.4) is 0 Å². The average Bonchev–Trinajstić information content (AvgIpc) is 3.34. The van der Waals surface area contributed by atoms with E-state index in [1.54, 1.807) is 0 Å². The lowest BCUT2D eigenvalue weighted by molar-refractivity contribution is -0.133. The predicted molar refractivity (Wildman–Crippen MR) is 87.9 cm³/mol. The van der Waals surface area contributed by atoms with Crippen LogP contribution in [-0.4, -0.2) is 51.6 Å². The number of carbonyl (C=O) groups is 3. The van der Waals surface area contributed by atoms with E-state index in [4.69, 9.17) is 4.74 Å². The van der Waals surface area contributed by atoms with Gasteiger partial charge in [0, 0.05) is 6.61 Å². The summed E-state index contributed by atoms with van der Waals surface area (Å²) in [6.45, 7) is 0.390. The molecular weight excluding hydrogens is 346 g/mol. The van der Waals surface area contributed by atoms with Gasteiger partial charge in [0.15, 0.2) is 0 Å². The Bertz CT molecular complexity index is 709. The standard InChI is InChI=1S/C15H19N5O4S/c21-10(16-13-19-18-11(25-13)9-4-3-7-24-9)8-20-12(22)15(17-14(20)23)5-1-2-6-15/h9H,1-8H2,(H,17,23)(H,16,19,21)/t9-/m1/s1. The molecule has 2 N–H and O–H groups in total. The second-order valence-corrected chi connectivity index (χ2v) is 7.62. The molecule has 0 bridgehead atoms. The van der Waals surface area contributed by atoms with E-state index in [-0.39, 0.29) is 18.6 Å². The number of imide groups is 1. The highest BCUT2D eigenvalue weighted by atomic mass is 32.1. The van der Waals surface area contributed by atoms with E-state index in [0.29, 0.717) is 24.6 Å². The molecule has 0 aromatic carbocycles. The fraction of sp³-hybridized carbons (Fsp3) is 0.667. The number of nitrogens with one attached hydrogen (secondary N) is 2. The molecule has 10 heteroatoms. The lowest BCUT2D eigenvalue weighted by Gasteiger charge is -2.19. The first-order chi connectivity index (χ1) is 12.1. The Morgan fingerprint density at radius 3 is 2.84 bits per heavy atom. The largest absolute Gasteiger partial charge is 0.371 e.